The summed E-state index contributed by atoms with van der Waals surface area (Å²) in [6, 6.07) is 13.6. The molecule has 0 saturated heterocycles. The van der Waals surface area contributed by atoms with Gasteiger partial charge in [0.2, 0.25) is 0 Å². The summed E-state index contributed by atoms with van der Waals surface area (Å²) in [5.74, 6) is -0.0348. The van der Waals surface area contributed by atoms with Crippen LogP contribution in [0.15, 0.2) is 46.9 Å². The number of anilines is 2. The molecule has 4 heteroatoms. The molecule has 1 heterocycles. The topological polar surface area (TPSA) is 46.3 Å². The molecule has 102 valence electrons. The number of carbonyl (C=O) groups excluding carboxylic acids is 1. The smallest absolute Gasteiger partial charge is 0.260 e. The van der Waals surface area contributed by atoms with Crippen LogP contribution in [0, 0.1) is 0 Å². The molecule has 1 atom stereocenters. The lowest BCUT2D eigenvalue weighted by Gasteiger charge is -2.23. The van der Waals surface area contributed by atoms with Crippen molar-refractivity contribution in [3.63, 3.8) is 0 Å². The predicted molar refractivity (Wildman–Crippen MR) is 85.0 cm³/mol. The highest BCUT2D eigenvalue weighted by molar-refractivity contribution is 9.10. The summed E-state index contributed by atoms with van der Waals surface area (Å²) in [5, 5.41) is 0. The summed E-state index contributed by atoms with van der Waals surface area (Å²) in [4.78, 5) is 14.6. The Morgan fingerprint density at radius 1 is 1.30 bits per heavy atom. The molecule has 2 aromatic carbocycles. The first kappa shape index (κ1) is 13.2. The second-order valence-electron chi connectivity index (χ2n) is 5.09. The minimum atomic E-state index is -0.0348. The Kier molecular flexibility index (Phi) is 3.26. The van der Waals surface area contributed by atoms with Crippen LogP contribution in [0.4, 0.5) is 11.4 Å². The van der Waals surface area contributed by atoms with Gasteiger partial charge in [0.05, 0.1) is 5.56 Å². The van der Waals surface area contributed by atoms with Crippen molar-refractivity contribution in [2.75, 3.05) is 10.6 Å². The maximum absolute atomic E-state index is 12.8. The fourth-order valence-corrected chi connectivity index (χ4v) is 3.11. The Morgan fingerprint density at radius 2 is 2.05 bits per heavy atom. The van der Waals surface area contributed by atoms with Gasteiger partial charge in [-0.2, -0.15) is 0 Å². The summed E-state index contributed by atoms with van der Waals surface area (Å²) < 4.78 is 0.876. The molecule has 0 radical (unpaired) electrons. The molecule has 0 saturated carbocycles. The number of amides is 1. The molecule has 2 N–H and O–H groups in total. The van der Waals surface area contributed by atoms with E-state index < -0.39 is 0 Å². The number of nitrogens with zero attached hydrogens (tertiary/aromatic N) is 1. The molecule has 1 amide bonds. The van der Waals surface area contributed by atoms with Gasteiger partial charge in [0, 0.05) is 21.9 Å². The van der Waals surface area contributed by atoms with E-state index in [0.717, 1.165) is 16.6 Å². The Morgan fingerprint density at radius 3 is 2.80 bits per heavy atom. The second-order valence-corrected chi connectivity index (χ2v) is 6.00. The standard InChI is InChI=1S/C16H15BrN2O/c1-10-8-11-4-2-3-5-15(11)19(10)16(20)13-7-6-12(17)9-14(13)18/h2-7,9-10H,8,18H2,1H3. The highest BCUT2D eigenvalue weighted by Gasteiger charge is 2.31. The molecule has 3 nitrogen and oxygen atoms in total. The molecule has 0 aliphatic carbocycles. The number of carbonyl (C=O) groups is 1. The number of halogens is 1. The third-order valence-electron chi connectivity index (χ3n) is 3.67. The number of hydrogen-bond acceptors (Lipinski definition) is 2. The van der Waals surface area contributed by atoms with Gasteiger partial charge in [-0.25, -0.2) is 0 Å². The van der Waals surface area contributed by atoms with Gasteiger partial charge in [-0.3, -0.25) is 4.79 Å². The number of hydrogen-bond donors (Lipinski definition) is 1. The zero-order chi connectivity index (χ0) is 14.3. The van der Waals surface area contributed by atoms with Gasteiger partial charge in [0.15, 0.2) is 0 Å². The minimum Gasteiger partial charge on any atom is -0.398 e. The maximum Gasteiger partial charge on any atom is 0.260 e. The number of para-hydroxylation sites is 1. The molecule has 0 aromatic heterocycles. The molecule has 0 fully saturated rings. The van der Waals surface area contributed by atoms with E-state index in [9.17, 15) is 4.79 Å². The lowest BCUT2D eigenvalue weighted by molar-refractivity contribution is 0.0982. The van der Waals surface area contributed by atoms with Crippen molar-refractivity contribution >= 4 is 33.2 Å². The molecule has 0 bridgehead atoms. The SMILES string of the molecule is CC1Cc2ccccc2N1C(=O)c1ccc(Br)cc1N. The van der Waals surface area contributed by atoms with E-state index in [-0.39, 0.29) is 11.9 Å². The van der Waals surface area contributed by atoms with Crippen molar-refractivity contribution in [3.8, 4) is 0 Å². The van der Waals surface area contributed by atoms with Crippen LogP contribution in [0.2, 0.25) is 0 Å². The van der Waals surface area contributed by atoms with E-state index in [4.69, 9.17) is 5.73 Å². The lowest BCUT2D eigenvalue weighted by atomic mass is 10.1. The van der Waals surface area contributed by atoms with Crippen LogP contribution >= 0.6 is 15.9 Å². The number of nitrogen functional groups attached to an aromatic ring is 1. The first-order valence-electron chi connectivity index (χ1n) is 6.54. The Bertz CT molecular complexity index is 684. The summed E-state index contributed by atoms with van der Waals surface area (Å²) in [5.41, 5.74) is 9.24. The van der Waals surface area contributed by atoms with Crippen LogP contribution in [-0.2, 0) is 6.42 Å². The fraction of sp³-hybridized carbons (Fsp3) is 0.188. The molecular formula is C16H15BrN2O. The largest absolute Gasteiger partial charge is 0.398 e. The monoisotopic (exact) mass is 330 g/mol. The third kappa shape index (κ3) is 2.10. The number of rotatable bonds is 1. The molecule has 3 rings (SSSR count). The van der Waals surface area contributed by atoms with Gasteiger partial charge < -0.3 is 10.6 Å². The highest BCUT2D eigenvalue weighted by Crippen LogP contribution is 2.34. The van der Waals surface area contributed by atoms with Gasteiger partial charge in [-0.15, -0.1) is 0 Å². The van der Waals surface area contributed by atoms with E-state index in [1.807, 2.05) is 29.2 Å². The third-order valence-corrected chi connectivity index (χ3v) is 4.16. The first-order valence-corrected chi connectivity index (χ1v) is 7.33. The van der Waals surface area contributed by atoms with Crippen LogP contribution < -0.4 is 10.6 Å². The lowest BCUT2D eigenvalue weighted by Crippen LogP contribution is -2.36. The molecule has 2 aromatic rings. The molecule has 1 aliphatic rings. The average Bonchev–Trinajstić information content (AvgIpc) is 2.73. The summed E-state index contributed by atoms with van der Waals surface area (Å²) in [6.45, 7) is 2.06. The normalized spacial score (nSPS) is 17.1. The van der Waals surface area contributed by atoms with Gasteiger partial charge in [-0.05, 0) is 43.2 Å². The Balaban J connectivity index is 2.03. The Hall–Kier alpha value is -1.81. The molecule has 20 heavy (non-hydrogen) atoms. The van der Waals surface area contributed by atoms with Crippen molar-refractivity contribution in [3.05, 3.63) is 58.1 Å². The molecule has 1 aliphatic heterocycles. The van der Waals surface area contributed by atoms with Crippen molar-refractivity contribution in [1.29, 1.82) is 0 Å². The van der Waals surface area contributed by atoms with Crippen molar-refractivity contribution in [2.24, 2.45) is 0 Å². The van der Waals surface area contributed by atoms with Gasteiger partial charge in [0.25, 0.3) is 5.91 Å². The van der Waals surface area contributed by atoms with E-state index in [2.05, 4.69) is 28.9 Å². The van der Waals surface area contributed by atoms with Crippen LogP contribution in [-0.4, -0.2) is 11.9 Å². The van der Waals surface area contributed by atoms with Crippen molar-refractivity contribution < 1.29 is 4.79 Å². The van der Waals surface area contributed by atoms with E-state index in [1.54, 1.807) is 12.1 Å². The zero-order valence-corrected chi connectivity index (χ0v) is 12.7. The second kappa shape index (κ2) is 4.94. The zero-order valence-electron chi connectivity index (χ0n) is 11.1. The summed E-state index contributed by atoms with van der Waals surface area (Å²) in [6.07, 6.45) is 0.887. The van der Waals surface area contributed by atoms with Gasteiger partial charge in [-0.1, -0.05) is 34.1 Å². The van der Waals surface area contributed by atoms with E-state index >= 15 is 0 Å². The fourth-order valence-electron chi connectivity index (χ4n) is 2.73. The number of fused-ring (bicyclic) bond motifs is 1. The summed E-state index contributed by atoms with van der Waals surface area (Å²) in [7, 11) is 0. The Labute approximate surface area is 126 Å². The predicted octanol–water partition coefficient (Wildman–Crippen LogP) is 3.62. The average molecular weight is 331 g/mol. The van der Waals surface area contributed by atoms with Crippen LogP contribution in [0.3, 0.4) is 0 Å². The minimum absolute atomic E-state index is 0.0348. The first-order chi connectivity index (χ1) is 9.58. The van der Waals surface area contributed by atoms with Crippen molar-refractivity contribution in [1.82, 2.24) is 0 Å². The molecule has 0 spiro atoms. The highest BCUT2D eigenvalue weighted by atomic mass is 79.9. The van der Waals surface area contributed by atoms with Crippen LogP contribution in [0.5, 0.6) is 0 Å². The van der Waals surface area contributed by atoms with E-state index in [0.29, 0.717) is 11.3 Å². The van der Waals surface area contributed by atoms with E-state index in [1.165, 1.54) is 5.56 Å². The van der Waals surface area contributed by atoms with Gasteiger partial charge in [0.1, 0.15) is 0 Å². The van der Waals surface area contributed by atoms with Crippen molar-refractivity contribution in [2.45, 2.75) is 19.4 Å². The number of benzene rings is 2. The maximum atomic E-state index is 12.8. The summed E-state index contributed by atoms with van der Waals surface area (Å²) >= 11 is 3.36. The molecule has 1 unspecified atom stereocenters. The van der Waals surface area contributed by atoms with Crippen LogP contribution in [0.25, 0.3) is 0 Å². The van der Waals surface area contributed by atoms with Gasteiger partial charge >= 0.3 is 0 Å². The molecular weight excluding hydrogens is 316 g/mol. The number of nitrogens with two attached hydrogens (primary N) is 1. The quantitative estimate of drug-likeness (QED) is 0.811. The van der Waals surface area contributed by atoms with Crippen LogP contribution in [0.1, 0.15) is 22.8 Å².